The second kappa shape index (κ2) is 3.38. The van der Waals surface area contributed by atoms with Crippen LogP contribution in [0.4, 0.5) is 4.39 Å². The van der Waals surface area contributed by atoms with Crippen molar-refractivity contribution in [3.05, 3.63) is 35.3 Å². The summed E-state index contributed by atoms with van der Waals surface area (Å²) >= 11 is 0. The zero-order chi connectivity index (χ0) is 11.0. The van der Waals surface area contributed by atoms with Gasteiger partial charge in [-0.2, -0.15) is 0 Å². The number of carbonyl (C=O) groups is 1. The molecular weight excluding hydrogens is 197 g/mol. The van der Waals surface area contributed by atoms with E-state index in [9.17, 15) is 9.18 Å². The van der Waals surface area contributed by atoms with Crippen molar-refractivity contribution in [2.24, 2.45) is 0 Å². The van der Waals surface area contributed by atoms with Gasteiger partial charge >= 0.3 is 5.97 Å². The van der Waals surface area contributed by atoms with Crippen LogP contribution in [0.25, 0.3) is 10.9 Å². The number of aromatic amines is 1. The lowest BCUT2D eigenvalue weighted by Crippen LogP contribution is -1.99. The van der Waals surface area contributed by atoms with Crippen molar-refractivity contribution in [2.75, 3.05) is 7.11 Å². The number of aryl methyl sites for hydroxylation is 1. The third-order valence-corrected chi connectivity index (χ3v) is 2.36. The molecular formula is C11H10FNO2. The Morgan fingerprint density at radius 2 is 2.20 bits per heavy atom. The van der Waals surface area contributed by atoms with Gasteiger partial charge in [-0.15, -0.1) is 0 Å². The highest BCUT2D eigenvalue weighted by atomic mass is 19.1. The SMILES string of the molecule is COC(=O)c1c[nH]c2c(C)cc(F)cc12. The minimum absolute atomic E-state index is 0.357. The average molecular weight is 207 g/mol. The molecule has 0 bridgehead atoms. The number of methoxy groups -OCH3 is 1. The molecule has 1 aromatic carbocycles. The molecule has 0 saturated carbocycles. The molecule has 0 radical (unpaired) electrons. The van der Waals surface area contributed by atoms with Gasteiger partial charge in [0.05, 0.1) is 12.7 Å². The van der Waals surface area contributed by atoms with E-state index >= 15 is 0 Å². The number of ether oxygens (including phenoxy) is 1. The van der Waals surface area contributed by atoms with Gasteiger partial charge in [0.15, 0.2) is 0 Å². The maximum Gasteiger partial charge on any atom is 0.340 e. The highest BCUT2D eigenvalue weighted by molar-refractivity contribution is 6.04. The van der Waals surface area contributed by atoms with Gasteiger partial charge in [0.1, 0.15) is 5.82 Å². The number of benzene rings is 1. The summed E-state index contributed by atoms with van der Waals surface area (Å²) in [6, 6.07) is 2.74. The third kappa shape index (κ3) is 1.48. The fourth-order valence-electron chi connectivity index (χ4n) is 1.65. The first-order chi connectivity index (χ1) is 7.13. The van der Waals surface area contributed by atoms with Crippen LogP contribution in [0.1, 0.15) is 15.9 Å². The van der Waals surface area contributed by atoms with Crippen LogP contribution in [0.15, 0.2) is 18.3 Å². The number of H-pyrrole nitrogens is 1. The first-order valence-electron chi connectivity index (χ1n) is 4.49. The molecule has 4 heteroatoms. The normalized spacial score (nSPS) is 10.6. The number of carbonyl (C=O) groups excluding carboxylic acids is 1. The lowest BCUT2D eigenvalue weighted by Gasteiger charge is -1.99. The van der Waals surface area contributed by atoms with Gasteiger partial charge in [0.2, 0.25) is 0 Å². The highest BCUT2D eigenvalue weighted by Crippen LogP contribution is 2.23. The van der Waals surface area contributed by atoms with E-state index in [1.807, 2.05) is 0 Å². The molecule has 0 unspecified atom stereocenters. The Morgan fingerprint density at radius 1 is 1.47 bits per heavy atom. The van der Waals surface area contributed by atoms with E-state index in [-0.39, 0.29) is 5.82 Å². The molecule has 1 aromatic heterocycles. The zero-order valence-corrected chi connectivity index (χ0v) is 8.43. The summed E-state index contributed by atoms with van der Waals surface area (Å²) in [6.07, 6.45) is 1.53. The van der Waals surface area contributed by atoms with Crippen LogP contribution in [-0.4, -0.2) is 18.1 Å². The number of hydrogen-bond donors (Lipinski definition) is 1. The van der Waals surface area contributed by atoms with E-state index in [0.29, 0.717) is 10.9 Å². The first-order valence-corrected chi connectivity index (χ1v) is 4.49. The summed E-state index contributed by atoms with van der Waals surface area (Å²) < 4.78 is 17.8. The molecule has 0 saturated heterocycles. The number of nitrogens with one attached hydrogen (secondary N) is 1. The lowest BCUT2D eigenvalue weighted by atomic mass is 10.1. The summed E-state index contributed by atoms with van der Waals surface area (Å²) in [5, 5.41) is 0.555. The van der Waals surface area contributed by atoms with E-state index in [1.165, 1.54) is 25.4 Å². The lowest BCUT2D eigenvalue weighted by molar-refractivity contribution is 0.0603. The number of hydrogen-bond acceptors (Lipinski definition) is 2. The van der Waals surface area contributed by atoms with Crippen molar-refractivity contribution in [1.82, 2.24) is 4.98 Å². The summed E-state index contributed by atoms with van der Waals surface area (Å²) in [5.74, 6) is -0.823. The van der Waals surface area contributed by atoms with Crippen LogP contribution in [0.5, 0.6) is 0 Å². The van der Waals surface area contributed by atoms with Crippen LogP contribution in [0, 0.1) is 12.7 Å². The van der Waals surface area contributed by atoms with Crippen molar-refractivity contribution in [3.8, 4) is 0 Å². The van der Waals surface area contributed by atoms with Gasteiger partial charge in [-0.3, -0.25) is 0 Å². The van der Waals surface area contributed by atoms with Crippen LogP contribution >= 0.6 is 0 Å². The second-order valence-corrected chi connectivity index (χ2v) is 3.34. The Kier molecular flexibility index (Phi) is 2.19. The molecule has 0 spiro atoms. The molecule has 0 amide bonds. The second-order valence-electron chi connectivity index (χ2n) is 3.34. The molecule has 78 valence electrons. The quantitative estimate of drug-likeness (QED) is 0.729. The fourth-order valence-corrected chi connectivity index (χ4v) is 1.65. The van der Waals surface area contributed by atoms with Crippen LogP contribution in [-0.2, 0) is 4.74 Å². The molecule has 0 aliphatic heterocycles. The predicted molar refractivity (Wildman–Crippen MR) is 54.3 cm³/mol. The summed E-state index contributed by atoms with van der Waals surface area (Å²) in [4.78, 5) is 14.3. The Labute approximate surface area is 85.9 Å². The fraction of sp³-hybridized carbons (Fsp3) is 0.182. The molecule has 2 rings (SSSR count). The number of rotatable bonds is 1. The van der Waals surface area contributed by atoms with Crippen molar-refractivity contribution in [1.29, 1.82) is 0 Å². The van der Waals surface area contributed by atoms with Crippen molar-refractivity contribution >= 4 is 16.9 Å². The van der Waals surface area contributed by atoms with E-state index < -0.39 is 5.97 Å². The Morgan fingerprint density at radius 3 is 2.87 bits per heavy atom. The standard InChI is InChI=1S/C11H10FNO2/c1-6-3-7(12)4-8-9(11(14)15-2)5-13-10(6)8/h3-5,13H,1-2H3. The van der Waals surface area contributed by atoms with E-state index in [4.69, 9.17) is 0 Å². The maximum absolute atomic E-state index is 13.2. The van der Waals surface area contributed by atoms with E-state index in [0.717, 1.165) is 11.1 Å². The number of aromatic nitrogens is 1. The van der Waals surface area contributed by atoms with Gasteiger partial charge in [0, 0.05) is 17.1 Å². The molecule has 0 atom stereocenters. The van der Waals surface area contributed by atoms with Gasteiger partial charge < -0.3 is 9.72 Å². The van der Waals surface area contributed by atoms with Crippen LogP contribution in [0.3, 0.4) is 0 Å². The third-order valence-electron chi connectivity index (χ3n) is 2.36. The van der Waals surface area contributed by atoms with Crippen molar-refractivity contribution < 1.29 is 13.9 Å². The Hall–Kier alpha value is -1.84. The van der Waals surface area contributed by atoms with Gasteiger partial charge in [-0.05, 0) is 24.6 Å². The van der Waals surface area contributed by atoms with Crippen molar-refractivity contribution in [3.63, 3.8) is 0 Å². The minimum atomic E-state index is -0.466. The Bertz CT molecular complexity index is 531. The van der Waals surface area contributed by atoms with Gasteiger partial charge in [-0.25, -0.2) is 9.18 Å². The van der Waals surface area contributed by atoms with E-state index in [2.05, 4.69) is 9.72 Å². The molecule has 0 aliphatic rings. The molecule has 1 heterocycles. The summed E-state index contributed by atoms with van der Waals surface area (Å²) in [7, 11) is 1.30. The molecule has 15 heavy (non-hydrogen) atoms. The largest absolute Gasteiger partial charge is 0.465 e. The Balaban J connectivity index is 2.74. The zero-order valence-electron chi connectivity index (χ0n) is 8.43. The first kappa shape index (κ1) is 9.71. The molecule has 2 aromatic rings. The smallest absolute Gasteiger partial charge is 0.340 e. The topological polar surface area (TPSA) is 42.1 Å². The van der Waals surface area contributed by atoms with Crippen molar-refractivity contribution in [2.45, 2.75) is 6.92 Å². The van der Waals surface area contributed by atoms with Gasteiger partial charge in [-0.1, -0.05) is 0 Å². The molecule has 0 fully saturated rings. The molecule has 3 nitrogen and oxygen atoms in total. The predicted octanol–water partition coefficient (Wildman–Crippen LogP) is 2.40. The average Bonchev–Trinajstić information content (AvgIpc) is 2.60. The molecule has 1 N–H and O–H groups in total. The van der Waals surface area contributed by atoms with Crippen LogP contribution in [0.2, 0.25) is 0 Å². The number of halogens is 1. The summed E-state index contributed by atoms with van der Waals surface area (Å²) in [5.41, 5.74) is 1.88. The minimum Gasteiger partial charge on any atom is -0.465 e. The monoisotopic (exact) mass is 207 g/mol. The maximum atomic E-state index is 13.2. The van der Waals surface area contributed by atoms with Gasteiger partial charge in [0.25, 0.3) is 0 Å². The highest BCUT2D eigenvalue weighted by Gasteiger charge is 2.14. The van der Waals surface area contributed by atoms with E-state index in [1.54, 1.807) is 6.92 Å². The van der Waals surface area contributed by atoms with Crippen LogP contribution < -0.4 is 0 Å². The molecule has 0 aliphatic carbocycles. The summed E-state index contributed by atoms with van der Waals surface area (Å²) in [6.45, 7) is 1.78. The number of fused-ring (bicyclic) bond motifs is 1. The number of esters is 1.